The Morgan fingerprint density at radius 2 is 1.93 bits per heavy atom. The van der Waals surface area contributed by atoms with Gasteiger partial charge in [0.05, 0.1) is 12.5 Å². The van der Waals surface area contributed by atoms with E-state index in [1.54, 1.807) is 0 Å². The van der Waals surface area contributed by atoms with Crippen molar-refractivity contribution in [2.24, 2.45) is 5.92 Å². The van der Waals surface area contributed by atoms with Crippen molar-refractivity contribution in [1.82, 2.24) is 0 Å². The maximum atomic E-state index is 10.5. The highest BCUT2D eigenvalue weighted by atomic mass is 35.5. The molecule has 1 aliphatic carbocycles. The molecule has 0 amide bonds. The van der Waals surface area contributed by atoms with Crippen molar-refractivity contribution in [2.75, 3.05) is 0 Å². The lowest BCUT2D eigenvalue weighted by Gasteiger charge is -2.26. The summed E-state index contributed by atoms with van der Waals surface area (Å²) in [4.78, 5) is 10.5. The van der Waals surface area contributed by atoms with Crippen LogP contribution in [0, 0.1) is 5.92 Å². The van der Waals surface area contributed by atoms with Crippen LogP contribution in [-0.2, 0) is 4.79 Å². The zero-order chi connectivity index (χ0) is 9.84. The van der Waals surface area contributed by atoms with Crippen LogP contribution in [0.3, 0.4) is 0 Å². The summed E-state index contributed by atoms with van der Waals surface area (Å²) in [5.74, 6) is -0.279. The van der Waals surface area contributed by atoms with Crippen LogP contribution in [0.25, 0.3) is 0 Å². The molecule has 14 heavy (non-hydrogen) atoms. The average Bonchev–Trinajstić information content (AvgIpc) is 2.04. The minimum atomic E-state index is -0.743. The molecule has 3 nitrogen and oxygen atoms in total. The fraction of sp³-hybridized carbons (Fsp3) is 0.889. The summed E-state index contributed by atoms with van der Waals surface area (Å²) in [7, 11) is 0. The van der Waals surface area contributed by atoms with Crippen molar-refractivity contribution in [2.45, 2.75) is 43.5 Å². The molecule has 1 fully saturated rings. The van der Waals surface area contributed by atoms with Crippen LogP contribution in [0.2, 0.25) is 0 Å². The predicted octanol–water partition coefficient (Wildman–Crippen LogP) is -2.13. The van der Waals surface area contributed by atoms with E-state index in [9.17, 15) is 4.79 Å². The fourth-order valence-electron chi connectivity index (χ4n) is 1.94. The van der Waals surface area contributed by atoms with Crippen LogP contribution < -0.4 is 18.1 Å². The van der Waals surface area contributed by atoms with Gasteiger partial charge in [-0.05, 0) is 25.7 Å². The molecule has 0 bridgehead atoms. The first-order chi connectivity index (χ1) is 6.09. The molecular weight excluding hydrogens is 225 g/mol. The zero-order valence-corrected chi connectivity index (χ0v) is 9.60. The SMILES string of the molecule is [Cl-].[NH3+]C(CC(=O)O)C1CCC(Cl)CC1. The molecule has 5 heteroatoms. The minimum absolute atomic E-state index is 0. The van der Waals surface area contributed by atoms with Gasteiger partial charge in [0.25, 0.3) is 0 Å². The van der Waals surface area contributed by atoms with E-state index in [-0.39, 0.29) is 24.9 Å². The van der Waals surface area contributed by atoms with Crippen LogP contribution in [0.5, 0.6) is 0 Å². The van der Waals surface area contributed by atoms with E-state index in [0.29, 0.717) is 11.3 Å². The van der Waals surface area contributed by atoms with Crippen LogP contribution in [-0.4, -0.2) is 22.5 Å². The van der Waals surface area contributed by atoms with E-state index in [0.717, 1.165) is 25.7 Å². The second-order valence-electron chi connectivity index (χ2n) is 3.87. The van der Waals surface area contributed by atoms with E-state index in [4.69, 9.17) is 16.7 Å². The lowest BCUT2D eigenvalue weighted by atomic mass is 9.83. The number of alkyl halides is 1. The largest absolute Gasteiger partial charge is 1.00 e. The first-order valence-electron chi connectivity index (χ1n) is 4.78. The molecule has 0 radical (unpaired) electrons. The average molecular weight is 242 g/mol. The Kier molecular flexibility index (Phi) is 6.49. The quantitative estimate of drug-likeness (QED) is 0.555. The summed E-state index contributed by atoms with van der Waals surface area (Å²) in [6, 6.07) is 0.0571. The van der Waals surface area contributed by atoms with E-state index >= 15 is 0 Å². The molecule has 1 saturated carbocycles. The van der Waals surface area contributed by atoms with Crippen molar-refractivity contribution >= 4 is 17.6 Å². The smallest absolute Gasteiger partial charge is 0.309 e. The van der Waals surface area contributed by atoms with Gasteiger partial charge in [-0.1, -0.05) is 0 Å². The molecule has 4 N–H and O–H groups in total. The van der Waals surface area contributed by atoms with Gasteiger partial charge in [0, 0.05) is 11.3 Å². The van der Waals surface area contributed by atoms with Gasteiger partial charge in [0.15, 0.2) is 0 Å². The van der Waals surface area contributed by atoms with Crippen molar-refractivity contribution in [3.63, 3.8) is 0 Å². The number of carbonyl (C=O) groups is 1. The number of halogens is 2. The molecule has 0 heterocycles. The number of carboxylic acid groups (broad SMARTS) is 1. The van der Waals surface area contributed by atoms with Crippen molar-refractivity contribution in [3.8, 4) is 0 Å². The highest BCUT2D eigenvalue weighted by Gasteiger charge is 2.28. The van der Waals surface area contributed by atoms with E-state index in [1.165, 1.54) is 0 Å². The summed E-state index contributed by atoms with van der Waals surface area (Å²) >= 11 is 5.96. The molecular formula is C9H17Cl2NO2. The monoisotopic (exact) mass is 241 g/mol. The minimum Gasteiger partial charge on any atom is -1.00 e. The molecule has 0 aliphatic heterocycles. The Morgan fingerprint density at radius 1 is 1.43 bits per heavy atom. The van der Waals surface area contributed by atoms with Crippen LogP contribution in [0.4, 0.5) is 0 Å². The predicted molar refractivity (Wildman–Crippen MR) is 50.5 cm³/mol. The zero-order valence-electron chi connectivity index (χ0n) is 8.09. The standard InChI is InChI=1S/C9H16ClNO2.ClH/c10-7-3-1-6(2-4-7)8(11)5-9(12)13;/h6-8H,1-5,11H2,(H,12,13);1H. The normalized spacial score (nSPS) is 29.0. The topological polar surface area (TPSA) is 64.9 Å². The van der Waals surface area contributed by atoms with Crippen LogP contribution in [0.1, 0.15) is 32.1 Å². The van der Waals surface area contributed by atoms with Gasteiger partial charge < -0.3 is 23.2 Å². The number of rotatable bonds is 3. The van der Waals surface area contributed by atoms with Gasteiger partial charge in [-0.15, -0.1) is 11.6 Å². The molecule has 0 aromatic carbocycles. The van der Waals surface area contributed by atoms with Gasteiger partial charge >= 0.3 is 5.97 Å². The first kappa shape index (κ1) is 14.0. The second-order valence-corrected chi connectivity index (χ2v) is 4.49. The summed E-state index contributed by atoms with van der Waals surface area (Å²) in [6.07, 6.45) is 4.29. The lowest BCUT2D eigenvalue weighted by Crippen LogP contribution is -3.00. The molecule has 0 saturated heterocycles. The third-order valence-corrected chi connectivity index (χ3v) is 3.24. The van der Waals surface area contributed by atoms with Gasteiger partial charge in [-0.3, -0.25) is 4.79 Å². The van der Waals surface area contributed by atoms with Crippen molar-refractivity contribution in [1.29, 1.82) is 0 Å². The Hall–Kier alpha value is 0.01000. The number of aliphatic carboxylic acids is 1. The maximum absolute atomic E-state index is 10.5. The number of carboxylic acids is 1. The fourth-order valence-corrected chi connectivity index (χ4v) is 2.19. The summed E-state index contributed by atoms with van der Waals surface area (Å²) in [5, 5.41) is 8.90. The summed E-state index contributed by atoms with van der Waals surface area (Å²) < 4.78 is 0. The van der Waals surface area contributed by atoms with E-state index < -0.39 is 5.97 Å². The summed E-state index contributed by atoms with van der Waals surface area (Å²) in [6.45, 7) is 0. The van der Waals surface area contributed by atoms with Gasteiger partial charge in [-0.25, -0.2) is 0 Å². The van der Waals surface area contributed by atoms with E-state index in [2.05, 4.69) is 5.73 Å². The molecule has 0 aromatic rings. The Labute approximate surface area is 95.4 Å². The third-order valence-electron chi connectivity index (χ3n) is 2.80. The molecule has 1 atom stereocenters. The van der Waals surface area contributed by atoms with E-state index in [1.807, 2.05) is 0 Å². The van der Waals surface area contributed by atoms with Gasteiger partial charge in [0.1, 0.15) is 0 Å². The molecule has 84 valence electrons. The molecule has 0 aromatic heterocycles. The van der Waals surface area contributed by atoms with Crippen molar-refractivity contribution in [3.05, 3.63) is 0 Å². The number of hydrogen-bond acceptors (Lipinski definition) is 1. The highest BCUT2D eigenvalue weighted by molar-refractivity contribution is 6.20. The van der Waals surface area contributed by atoms with Gasteiger partial charge in [0.2, 0.25) is 0 Å². The van der Waals surface area contributed by atoms with Crippen molar-refractivity contribution < 1.29 is 28.0 Å². The Morgan fingerprint density at radius 3 is 2.36 bits per heavy atom. The number of quaternary nitrogens is 1. The number of hydrogen-bond donors (Lipinski definition) is 2. The molecule has 0 spiro atoms. The third kappa shape index (κ3) is 4.49. The molecule has 1 rings (SSSR count). The highest BCUT2D eigenvalue weighted by Crippen LogP contribution is 2.29. The Bertz CT molecular complexity index is 182. The lowest BCUT2D eigenvalue weighted by molar-refractivity contribution is -0.433. The second kappa shape index (κ2) is 6.49. The van der Waals surface area contributed by atoms with Crippen LogP contribution >= 0.6 is 11.6 Å². The Balaban J connectivity index is 0.00000169. The molecule has 1 aliphatic rings. The summed E-state index contributed by atoms with van der Waals surface area (Å²) in [5.41, 5.74) is 3.90. The van der Waals surface area contributed by atoms with Crippen LogP contribution in [0.15, 0.2) is 0 Å². The molecule has 1 unspecified atom stereocenters. The maximum Gasteiger partial charge on any atom is 0.309 e. The first-order valence-corrected chi connectivity index (χ1v) is 5.22. The van der Waals surface area contributed by atoms with Gasteiger partial charge in [-0.2, -0.15) is 0 Å².